The molecule has 3 heterocycles. The van der Waals surface area contributed by atoms with Gasteiger partial charge in [0.1, 0.15) is 23.2 Å². The highest BCUT2D eigenvalue weighted by Gasteiger charge is 2.54. The Morgan fingerprint density at radius 3 is 2.77 bits per heavy atom. The summed E-state index contributed by atoms with van der Waals surface area (Å²) in [6, 6.07) is 7.14. The smallest absolute Gasteiger partial charge is 0.352 e. The number of hydrogen-bond acceptors (Lipinski definition) is 7. The van der Waals surface area contributed by atoms with Crippen molar-refractivity contribution < 1.29 is 19.5 Å². The van der Waals surface area contributed by atoms with Gasteiger partial charge < -0.3 is 21.1 Å². The summed E-state index contributed by atoms with van der Waals surface area (Å²) in [5.74, 6) is -1.65. The summed E-state index contributed by atoms with van der Waals surface area (Å²) in [5, 5.41) is 12.5. The van der Waals surface area contributed by atoms with Crippen molar-refractivity contribution in [1.82, 2.24) is 20.2 Å². The molecule has 0 radical (unpaired) electrons. The number of benzene rings is 1. The van der Waals surface area contributed by atoms with E-state index in [0.29, 0.717) is 22.0 Å². The Bertz CT molecular complexity index is 1030. The zero-order valence-electron chi connectivity index (χ0n) is 16.5. The number of carboxylic acids is 1. The lowest BCUT2D eigenvalue weighted by molar-refractivity contribution is -0.150. The molecule has 1 aromatic carbocycles. The highest BCUT2D eigenvalue weighted by Crippen LogP contribution is 2.43. The lowest BCUT2D eigenvalue weighted by Crippen LogP contribution is -2.71. The topological polar surface area (TPSA) is 141 Å². The SMILES string of the molecule is CC(Sc1ncc[nH]1)C1=C(C(=O)O)N2C(=O)C(NC(=O)C(N)c3ccccc3)[C@@H]2SC1. The average Bonchev–Trinajstić information content (AvgIpc) is 3.29. The van der Waals surface area contributed by atoms with Gasteiger partial charge in [0, 0.05) is 23.4 Å². The van der Waals surface area contributed by atoms with Crippen LogP contribution in [0.2, 0.25) is 0 Å². The molecule has 162 valence electrons. The van der Waals surface area contributed by atoms with Crippen molar-refractivity contribution in [3.8, 4) is 0 Å². The average molecular weight is 460 g/mol. The van der Waals surface area contributed by atoms with E-state index >= 15 is 0 Å². The van der Waals surface area contributed by atoms with Crippen LogP contribution in [0.15, 0.2) is 59.2 Å². The predicted octanol–water partition coefficient (Wildman–Crippen LogP) is 1.33. The second kappa shape index (κ2) is 8.77. The lowest BCUT2D eigenvalue weighted by Gasteiger charge is -2.50. The summed E-state index contributed by atoms with van der Waals surface area (Å²) in [6.07, 6.45) is 3.32. The monoisotopic (exact) mass is 459 g/mol. The van der Waals surface area contributed by atoms with Crippen molar-refractivity contribution in [1.29, 1.82) is 0 Å². The minimum Gasteiger partial charge on any atom is -0.477 e. The lowest BCUT2D eigenvalue weighted by atomic mass is 10.0. The van der Waals surface area contributed by atoms with Crippen LogP contribution >= 0.6 is 23.5 Å². The number of nitrogens with two attached hydrogens (primary N) is 1. The van der Waals surface area contributed by atoms with Crippen molar-refractivity contribution in [2.75, 3.05) is 5.75 Å². The number of imidazole rings is 1. The number of aromatic nitrogens is 2. The number of β-lactam (4-membered cyclic amide) rings is 1. The summed E-state index contributed by atoms with van der Waals surface area (Å²) < 4.78 is 0. The molecule has 2 aromatic rings. The molecule has 1 aromatic heterocycles. The molecule has 0 aliphatic carbocycles. The van der Waals surface area contributed by atoms with Crippen LogP contribution in [-0.2, 0) is 14.4 Å². The molecule has 31 heavy (non-hydrogen) atoms. The van der Waals surface area contributed by atoms with Crippen LogP contribution in [0.3, 0.4) is 0 Å². The van der Waals surface area contributed by atoms with Gasteiger partial charge in [0.2, 0.25) is 5.91 Å². The van der Waals surface area contributed by atoms with Crippen LogP contribution in [0.1, 0.15) is 18.5 Å². The van der Waals surface area contributed by atoms with Gasteiger partial charge in [-0.3, -0.25) is 14.5 Å². The van der Waals surface area contributed by atoms with Gasteiger partial charge in [0.15, 0.2) is 5.16 Å². The second-order valence-corrected chi connectivity index (χ2v) is 9.55. The highest BCUT2D eigenvalue weighted by molar-refractivity contribution is 8.01. The van der Waals surface area contributed by atoms with Gasteiger partial charge in [0.05, 0.1) is 0 Å². The molecule has 1 fully saturated rings. The van der Waals surface area contributed by atoms with Crippen LogP contribution in [-0.4, -0.2) is 60.2 Å². The fourth-order valence-electron chi connectivity index (χ4n) is 3.56. The Morgan fingerprint density at radius 1 is 1.39 bits per heavy atom. The first-order valence-electron chi connectivity index (χ1n) is 9.56. The van der Waals surface area contributed by atoms with E-state index in [-0.39, 0.29) is 10.9 Å². The minimum atomic E-state index is -1.16. The number of H-pyrrole nitrogens is 1. The van der Waals surface area contributed by atoms with Crippen molar-refractivity contribution in [3.63, 3.8) is 0 Å². The van der Waals surface area contributed by atoms with Crippen LogP contribution in [0.4, 0.5) is 0 Å². The molecular weight excluding hydrogens is 438 g/mol. The maximum absolute atomic E-state index is 12.8. The first kappa shape index (κ1) is 21.5. The predicted molar refractivity (Wildman–Crippen MR) is 117 cm³/mol. The number of nitrogens with zero attached hydrogens (tertiary/aromatic N) is 2. The third-order valence-corrected chi connectivity index (χ3v) is 7.58. The number of carboxylic acid groups (broad SMARTS) is 1. The van der Waals surface area contributed by atoms with E-state index < -0.39 is 35.2 Å². The van der Waals surface area contributed by atoms with Crippen molar-refractivity contribution >= 4 is 41.3 Å². The fourth-order valence-corrected chi connectivity index (χ4v) is 6.07. The molecule has 5 N–H and O–H groups in total. The molecule has 2 amide bonds. The maximum atomic E-state index is 12.8. The molecule has 1 saturated heterocycles. The Labute approximate surface area is 186 Å². The zero-order chi connectivity index (χ0) is 22.1. The fraction of sp³-hybridized carbons (Fsp3) is 0.300. The van der Waals surface area contributed by atoms with E-state index in [9.17, 15) is 19.5 Å². The molecule has 3 unspecified atom stereocenters. The molecule has 2 aliphatic heterocycles. The minimum absolute atomic E-state index is 0.0156. The number of carbonyl (C=O) groups is 3. The van der Waals surface area contributed by atoms with E-state index in [1.54, 1.807) is 36.7 Å². The Balaban J connectivity index is 1.49. The van der Waals surface area contributed by atoms with Gasteiger partial charge in [0.25, 0.3) is 5.91 Å². The number of aromatic amines is 1. The third-order valence-electron chi connectivity index (χ3n) is 5.19. The summed E-state index contributed by atoms with van der Waals surface area (Å²) in [6.45, 7) is 1.88. The van der Waals surface area contributed by atoms with Crippen molar-refractivity contribution in [3.05, 3.63) is 59.6 Å². The Hall–Kier alpha value is -2.76. The first-order valence-corrected chi connectivity index (χ1v) is 11.5. The van der Waals surface area contributed by atoms with Gasteiger partial charge in [-0.05, 0) is 18.1 Å². The number of rotatable bonds is 7. The zero-order valence-corrected chi connectivity index (χ0v) is 18.2. The largest absolute Gasteiger partial charge is 0.477 e. The Kier molecular flexibility index (Phi) is 6.08. The van der Waals surface area contributed by atoms with Crippen LogP contribution in [0.25, 0.3) is 0 Å². The number of hydrogen-bond donors (Lipinski definition) is 4. The van der Waals surface area contributed by atoms with Gasteiger partial charge in [-0.15, -0.1) is 11.8 Å². The molecular formula is C20H21N5O4S2. The Morgan fingerprint density at radius 2 is 2.13 bits per heavy atom. The van der Waals surface area contributed by atoms with E-state index in [2.05, 4.69) is 15.3 Å². The molecule has 0 bridgehead atoms. The summed E-state index contributed by atoms with van der Waals surface area (Å²) in [5.41, 5.74) is 7.29. The maximum Gasteiger partial charge on any atom is 0.352 e. The van der Waals surface area contributed by atoms with Crippen molar-refractivity contribution in [2.24, 2.45) is 5.73 Å². The van der Waals surface area contributed by atoms with Crippen LogP contribution in [0, 0.1) is 0 Å². The molecule has 11 heteroatoms. The molecule has 4 rings (SSSR count). The number of carbonyl (C=O) groups excluding carboxylic acids is 2. The third kappa shape index (κ3) is 4.08. The number of fused-ring (bicyclic) bond motifs is 1. The number of nitrogens with one attached hydrogen (secondary N) is 2. The first-order chi connectivity index (χ1) is 14.9. The molecule has 4 atom stereocenters. The van der Waals surface area contributed by atoms with Crippen molar-refractivity contribution in [2.45, 2.75) is 34.8 Å². The highest BCUT2D eigenvalue weighted by atomic mass is 32.2. The molecule has 0 saturated carbocycles. The van der Waals surface area contributed by atoms with E-state index in [1.807, 2.05) is 13.0 Å². The van der Waals surface area contributed by atoms with Gasteiger partial charge >= 0.3 is 5.97 Å². The normalized spacial score (nSPS) is 22.4. The molecule has 9 nitrogen and oxygen atoms in total. The number of thioether (sulfide) groups is 2. The summed E-state index contributed by atoms with van der Waals surface area (Å²) in [7, 11) is 0. The van der Waals surface area contributed by atoms with E-state index in [0.717, 1.165) is 0 Å². The quantitative estimate of drug-likeness (QED) is 0.359. The molecule has 2 aliphatic rings. The van der Waals surface area contributed by atoms with Crippen LogP contribution < -0.4 is 11.1 Å². The summed E-state index contributed by atoms with van der Waals surface area (Å²) in [4.78, 5) is 45.8. The van der Waals surface area contributed by atoms with Gasteiger partial charge in [-0.2, -0.15) is 0 Å². The van der Waals surface area contributed by atoms with Gasteiger partial charge in [-0.25, -0.2) is 9.78 Å². The van der Waals surface area contributed by atoms with E-state index in [4.69, 9.17) is 5.73 Å². The number of aliphatic carboxylic acids is 1. The van der Waals surface area contributed by atoms with Crippen LogP contribution in [0.5, 0.6) is 0 Å². The van der Waals surface area contributed by atoms with E-state index in [1.165, 1.54) is 28.4 Å². The standard InChI is InChI=1S/C20H21N5O4S2/c1-10(31-20-22-7-8-23-20)12-9-30-18-14(17(27)25(18)15(12)19(28)29)24-16(26)13(21)11-5-3-2-4-6-11/h2-8,10,13-14,18H,9,21H2,1H3,(H,22,23)(H,24,26)(H,28,29)/t10?,13?,14?,18-/m0/s1. The number of amides is 2. The van der Waals surface area contributed by atoms with Gasteiger partial charge in [-0.1, -0.05) is 42.1 Å². The second-order valence-electron chi connectivity index (χ2n) is 7.12. The summed E-state index contributed by atoms with van der Waals surface area (Å²) >= 11 is 2.82. The molecule has 0 spiro atoms.